The maximum Gasteiger partial charge on any atom is 0.193 e. The molecule has 0 spiro atoms. The van der Waals surface area contributed by atoms with E-state index in [1.54, 1.807) is 12.1 Å². The number of hydrogen-bond donors (Lipinski definition) is 1. The molecule has 7 heteroatoms. The van der Waals surface area contributed by atoms with E-state index in [1.807, 2.05) is 19.2 Å². The van der Waals surface area contributed by atoms with Gasteiger partial charge in [0.2, 0.25) is 0 Å². The monoisotopic (exact) mass is 489 g/mol. The number of guanidine groups is 1. The molecular formula is C20H29FIN3O2. The van der Waals surface area contributed by atoms with Gasteiger partial charge in [0.05, 0.1) is 12.7 Å². The fourth-order valence-corrected chi connectivity index (χ4v) is 4.15. The number of aliphatic imine (C=N–C) groups is 1. The number of halogens is 2. The van der Waals surface area contributed by atoms with Crippen LogP contribution in [0, 0.1) is 5.82 Å². The molecule has 3 aliphatic rings. The normalized spacial score (nSPS) is 27.2. The van der Waals surface area contributed by atoms with Gasteiger partial charge in [-0.05, 0) is 37.3 Å². The van der Waals surface area contributed by atoms with E-state index in [-0.39, 0.29) is 47.4 Å². The van der Waals surface area contributed by atoms with Crippen LogP contribution >= 0.6 is 24.0 Å². The topological polar surface area (TPSA) is 46.1 Å². The number of hydrogen-bond acceptors (Lipinski definition) is 3. The molecule has 0 amide bonds. The van der Waals surface area contributed by atoms with Crippen molar-refractivity contribution in [3.63, 3.8) is 0 Å². The number of nitrogens with one attached hydrogen (secondary N) is 1. The standard InChI is InChI=1S/C20H28FN3O2.HI/c1-22-19(24-10-12-26-18(13-24)17-7-4-11-25-17)23-14-20(8-9-20)15-5-2-3-6-16(15)21;/h2-3,5-6,17-18H,4,7-14H2,1H3,(H,22,23);1H. The molecule has 4 rings (SSSR count). The molecule has 0 bridgehead atoms. The van der Waals surface area contributed by atoms with Gasteiger partial charge in [0, 0.05) is 38.7 Å². The van der Waals surface area contributed by atoms with E-state index in [0.717, 1.165) is 56.9 Å². The lowest BCUT2D eigenvalue weighted by Gasteiger charge is -2.37. The van der Waals surface area contributed by atoms with Crippen molar-refractivity contribution in [2.24, 2.45) is 4.99 Å². The van der Waals surface area contributed by atoms with Gasteiger partial charge in [0.25, 0.3) is 0 Å². The Balaban J connectivity index is 0.00000210. The van der Waals surface area contributed by atoms with Crippen LogP contribution in [0.3, 0.4) is 0 Å². The van der Waals surface area contributed by atoms with E-state index in [1.165, 1.54) is 0 Å². The van der Waals surface area contributed by atoms with Crippen molar-refractivity contribution in [2.75, 3.05) is 39.9 Å². The third-order valence-corrected chi connectivity index (χ3v) is 5.87. The smallest absolute Gasteiger partial charge is 0.193 e. The number of morpholine rings is 1. The van der Waals surface area contributed by atoms with Crippen LogP contribution in [0.15, 0.2) is 29.3 Å². The van der Waals surface area contributed by atoms with E-state index in [0.29, 0.717) is 13.2 Å². The van der Waals surface area contributed by atoms with Gasteiger partial charge in [0.15, 0.2) is 5.96 Å². The van der Waals surface area contributed by atoms with E-state index in [2.05, 4.69) is 15.2 Å². The minimum atomic E-state index is -0.105. The van der Waals surface area contributed by atoms with Gasteiger partial charge in [-0.25, -0.2) is 4.39 Å². The van der Waals surface area contributed by atoms with Crippen molar-refractivity contribution in [3.8, 4) is 0 Å². The Hall–Kier alpha value is -0.930. The summed E-state index contributed by atoms with van der Waals surface area (Å²) in [4.78, 5) is 6.70. The number of ether oxygens (including phenoxy) is 2. The van der Waals surface area contributed by atoms with Crippen LogP contribution in [0.5, 0.6) is 0 Å². The van der Waals surface area contributed by atoms with Gasteiger partial charge in [-0.1, -0.05) is 18.2 Å². The predicted octanol–water partition coefficient (Wildman–Crippen LogP) is 2.93. The third-order valence-electron chi connectivity index (χ3n) is 5.87. The number of nitrogens with zero attached hydrogens (tertiary/aromatic N) is 2. The molecule has 3 fully saturated rings. The molecule has 2 unspecified atom stereocenters. The Labute approximate surface area is 177 Å². The Morgan fingerprint density at radius 2 is 2.04 bits per heavy atom. The van der Waals surface area contributed by atoms with Crippen molar-refractivity contribution in [3.05, 3.63) is 35.6 Å². The van der Waals surface area contributed by atoms with E-state index in [4.69, 9.17) is 9.47 Å². The quantitative estimate of drug-likeness (QED) is 0.402. The van der Waals surface area contributed by atoms with E-state index < -0.39 is 0 Å². The molecule has 1 N–H and O–H groups in total. The highest BCUT2D eigenvalue weighted by molar-refractivity contribution is 14.0. The fraction of sp³-hybridized carbons (Fsp3) is 0.650. The second kappa shape index (κ2) is 9.05. The van der Waals surface area contributed by atoms with Gasteiger partial charge >= 0.3 is 0 Å². The summed E-state index contributed by atoms with van der Waals surface area (Å²) in [6.45, 7) is 3.83. The first kappa shape index (κ1) is 20.8. The highest BCUT2D eigenvalue weighted by atomic mass is 127. The van der Waals surface area contributed by atoms with Crippen LogP contribution < -0.4 is 5.32 Å². The third kappa shape index (κ3) is 4.56. The predicted molar refractivity (Wildman–Crippen MR) is 114 cm³/mol. The lowest BCUT2D eigenvalue weighted by Crippen LogP contribution is -2.54. The molecule has 2 saturated heterocycles. The Morgan fingerprint density at radius 3 is 2.70 bits per heavy atom. The van der Waals surface area contributed by atoms with Crippen molar-refractivity contribution < 1.29 is 13.9 Å². The summed E-state index contributed by atoms with van der Waals surface area (Å²) in [5, 5.41) is 3.49. The second-order valence-electron chi connectivity index (χ2n) is 7.57. The van der Waals surface area contributed by atoms with Crippen molar-refractivity contribution in [1.82, 2.24) is 10.2 Å². The van der Waals surface area contributed by atoms with Crippen LogP contribution in [-0.4, -0.2) is 63.0 Å². The van der Waals surface area contributed by atoms with Crippen LogP contribution in [-0.2, 0) is 14.9 Å². The summed E-state index contributed by atoms with van der Waals surface area (Å²) < 4.78 is 25.9. The molecule has 1 aromatic carbocycles. The fourth-order valence-electron chi connectivity index (χ4n) is 4.15. The Kier molecular flexibility index (Phi) is 6.97. The molecular weight excluding hydrogens is 460 g/mol. The first-order valence-electron chi connectivity index (χ1n) is 9.66. The molecule has 2 atom stereocenters. The highest BCUT2D eigenvalue weighted by Gasteiger charge is 2.46. The van der Waals surface area contributed by atoms with E-state index >= 15 is 0 Å². The first-order chi connectivity index (χ1) is 12.7. The zero-order valence-corrected chi connectivity index (χ0v) is 18.2. The van der Waals surface area contributed by atoms with Gasteiger partial charge in [0.1, 0.15) is 11.9 Å². The summed E-state index contributed by atoms with van der Waals surface area (Å²) >= 11 is 0. The minimum Gasteiger partial charge on any atom is -0.375 e. The molecule has 150 valence electrons. The maximum atomic E-state index is 14.2. The summed E-state index contributed by atoms with van der Waals surface area (Å²) in [5.41, 5.74) is 0.726. The molecule has 0 aromatic heterocycles. The molecule has 1 saturated carbocycles. The average Bonchev–Trinajstić information content (AvgIpc) is 3.25. The van der Waals surface area contributed by atoms with E-state index in [9.17, 15) is 4.39 Å². The first-order valence-corrected chi connectivity index (χ1v) is 9.66. The second-order valence-corrected chi connectivity index (χ2v) is 7.57. The molecule has 1 aromatic rings. The van der Waals surface area contributed by atoms with Gasteiger partial charge in [-0.15, -0.1) is 24.0 Å². The van der Waals surface area contributed by atoms with Crippen molar-refractivity contribution in [1.29, 1.82) is 0 Å². The summed E-state index contributed by atoms with van der Waals surface area (Å²) in [6, 6.07) is 7.13. The lowest BCUT2D eigenvalue weighted by molar-refractivity contribution is -0.0817. The Morgan fingerprint density at radius 1 is 1.26 bits per heavy atom. The summed E-state index contributed by atoms with van der Waals surface area (Å²) in [7, 11) is 1.81. The van der Waals surface area contributed by atoms with Gasteiger partial charge in [-0.2, -0.15) is 0 Å². The van der Waals surface area contributed by atoms with Crippen LogP contribution in [0.2, 0.25) is 0 Å². The maximum absolute atomic E-state index is 14.2. The summed E-state index contributed by atoms with van der Waals surface area (Å²) in [6.07, 6.45) is 4.51. The van der Waals surface area contributed by atoms with Crippen LogP contribution in [0.1, 0.15) is 31.2 Å². The summed E-state index contributed by atoms with van der Waals surface area (Å²) in [5.74, 6) is 0.769. The molecule has 5 nitrogen and oxygen atoms in total. The zero-order chi connectivity index (χ0) is 18.0. The van der Waals surface area contributed by atoms with Crippen LogP contribution in [0.4, 0.5) is 4.39 Å². The van der Waals surface area contributed by atoms with Gasteiger partial charge < -0.3 is 19.7 Å². The van der Waals surface area contributed by atoms with Crippen molar-refractivity contribution >= 4 is 29.9 Å². The minimum absolute atomic E-state index is 0. The number of rotatable bonds is 4. The molecule has 27 heavy (non-hydrogen) atoms. The van der Waals surface area contributed by atoms with Gasteiger partial charge in [-0.3, -0.25) is 4.99 Å². The Bertz CT molecular complexity index is 662. The molecule has 1 aliphatic carbocycles. The lowest BCUT2D eigenvalue weighted by atomic mass is 9.95. The SMILES string of the molecule is CN=C(NCC1(c2ccccc2F)CC1)N1CCOC(C2CCCO2)C1.I. The molecule has 2 heterocycles. The van der Waals surface area contributed by atoms with Crippen LogP contribution in [0.25, 0.3) is 0 Å². The highest BCUT2D eigenvalue weighted by Crippen LogP contribution is 2.48. The molecule has 0 radical (unpaired) electrons. The largest absolute Gasteiger partial charge is 0.375 e. The van der Waals surface area contributed by atoms with Crippen molar-refractivity contribution in [2.45, 2.75) is 43.3 Å². The average molecular weight is 489 g/mol. The molecule has 2 aliphatic heterocycles. The zero-order valence-electron chi connectivity index (χ0n) is 15.8. The number of benzene rings is 1.